The van der Waals surface area contributed by atoms with E-state index in [9.17, 15) is 14.7 Å². The number of benzene rings is 1. The number of fused-ring (bicyclic) bond motifs is 1. The number of aromatic nitrogens is 4. The molecule has 9 nitrogen and oxygen atoms in total. The van der Waals surface area contributed by atoms with Gasteiger partial charge in [0.2, 0.25) is 5.88 Å². The number of pyridine rings is 1. The maximum absolute atomic E-state index is 13.1. The summed E-state index contributed by atoms with van der Waals surface area (Å²) >= 11 is 0. The first-order valence-corrected chi connectivity index (χ1v) is 10.0. The first-order chi connectivity index (χ1) is 15.6. The molecule has 1 atom stereocenters. The van der Waals surface area contributed by atoms with E-state index in [1.807, 2.05) is 12.3 Å². The molecule has 0 aliphatic carbocycles. The average molecular weight is 434 g/mol. The molecule has 0 saturated carbocycles. The molecular weight excluding hydrogens is 412 g/mol. The van der Waals surface area contributed by atoms with Crippen molar-refractivity contribution in [1.82, 2.24) is 19.2 Å². The summed E-state index contributed by atoms with van der Waals surface area (Å²) in [6.45, 7) is 1.04. The zero-order valence-corrected chi connectivity index (χ0v) is 17.4. The van der Waals surface area contributed by atoms with Crippen molar-refractivity contribution in [2.45, 2.75) is 18.9 Å². The second-order valence-corrected chi connectivity index (χ2v) is 7.10. The number of methoxy groups -OCH3 is 1. The number of hydrogen-bond acceptors (Lipinski definition) is 7. The Labute approximate surface area is 183 Å². The van der Waals surface area contributed by atoms with E-state index in [2.05, 4.69) is 10.1 Å². The molecule has 1 N–H and O–H groups in total. The molecule has 3 aromatic heterocycles. The second-order valence-electron chi connectivity index (χ2n) is 7.10. The Morgan fingerprint density at radius 2 is 1.94 bits per heavy atom. The van der Waals surface area contributed by atoms with Gasteiger partial charge in [0.15, 0.2) is 0 Å². The number of esters is 1. The van der Waals surface area contributed by atoms with Crippen molar-refractivity contribution in [1.29, 1.82) is 0 Å². The lowest BCUT2D eigenvalue weighted by molar-refractivity contribution is -0.140. The molecule has 9 heteroatoms. The number of ether oxygens (including phenoxy) is 2. The third-order valence-electron chi connectivity index (χ3n) is 5.13. The lowest BCUT2D eigenvalue weighted by Crippen LogP contribution is -2.24. The lowest BCUT2D eigenvalue weighted by Gasteiger charge is -2.18. The molecule has 164 valence electrons. The molecule has 0 amide bonds. The predicted molar refractivity (Wildman–Crippen MR) is 116 cm³/mol. The number of carbonyl (C=O) groups excluding carboxylic acids is 1. The average Bonchev–Trinajstić information content (AvgIpc) is 3.32. The molecule has 0 bridgehead atoms. The van der Waals surface area contributed by atoms with Crippen LogP contribution in [0.25, 0.3) is 5.65 Å². The summed E-state index contributed by atoms with van der Waals surface area (Å²) in [6.07, 6.45) is 5.00. The van der Waals surface area contributed by atoms with Gasteiger partial charge in [0.1, 0.15) is 18.0 Å². The minimum absolute atomic E-state index is 0.0338. The van der Waals surface area contributed by atoms with Crippen molar-refractivity contribution in [3.63, 3.8) is 0 Å². The summed E-state index contributed by atoms with van der Waals surface area (Å²) in [7, 11) is 1.28. The molecule has 0 aliphatic rings. The Kier molecular flexibility index (Phi) is 6.16. The number of carbonyl (C=O) groups is 1. The van der Waals surface area contributed by atoms with Crippen LogP contribution in [0.1, 0.15) is 23.5 Å². The molecule has 0 spiro atoms. The van der Waals surface area contributed by atoms with E-state index in [4.69, 9.17) is 9.47 Å². The van der Waals surface area contributed by atoms with Crippen molar-refractivity contribution >= 4 is 11.6 Å². The summed E-state index contributed by atoms with van der Waals surface area (Å²) < 4.78 is 13.7. The Morgan fingerprint density at radius 3 is 2.66 bits per heavy atom. The number of aromatic hydroxyl groups is 1. The predicted octanol–water partition coefficient (Wildman–Crippen LogP) is 2.37. The summed E-state index contributed by atoms with van der Waals surface area (Å²) in [6, 6.07) is 13.9. The molecule has 0 unspecified atom stereocenters. The maximum Gasteiger partial charge on any atom is 0.306 e. The van der Waals surface area contributed by atoms with Gasteiger partial charge in [-0.3, -0.25) is 18.7 Å². The highest BCUT2D eigenvalue weighted by Crippen LogP contribution is 2.32. The van der Waals surface area contributed by atoms with Gasteiger partial charge in [-0.2, -0.15) is 10.1 Å². The van der Waals surface area contributed by atoms with Crippen molar-refractivity contribution < 1.29 is 19.4 Å². The molecule has 0 fully saturated rings. The zero-order chi connectivity index (χ0) is 22.5. The molecule has 3 heterocycles. The standard InChI is InChI=1S/C23H22N4O5/c1-31-20(28)15-18(21-22(29)25-19-5-2-3-12-27(19)23(21)30)16-6-8-17(9-7-16)32-14-13-26-11-4-10-24-26/h2-12,18,29H,13-15H2,1H3/t18-/m0/s1. The van der Waals surface area contributed by atoms with Gasteiger partial charge in [-0.1, -0.05) is 18.2 Å². The minimum atomic E-state index is -0.738. The van der Waals surface area contributed by atoms with Crippen LogP contribution in [0.15, 0.2) is 71.9 Å². The highest BCUT2D eigenvalue weighted by molar-refractivity contribution is 5.71. The van der Waals surface area contributed by atoms with Crippen LogP contribution in [0.3, 0.4) is 0 Å². The van der Waals surface area contributed by atoms with Crippen LogP contribution in [0.5, 0.6) is 11.6 Å². The van der Waals surface area contributed by atoms with Crippen LogP contribution in [0.4, 0.5) is 0 Å². The normalized spacial score (nSPS) is 11.9. The summed E-state index contributed by atoms with van der Waals surface area (Å²) in [5.74, 6) is -1.02. The van der Waals surface area contributed by atoms with Gasteiger partial charge in [-0.15, -0.1) is 0 Å². The van der Waals surface area contributed by atoms with Crippen molar-refractivity contribution in [3.05, 3.63) is 88.6 Å². The quantitative estimate of drug-likeness (QED) is 0.424. The van der Waals surface area contributed by atoms with Gasteiger partial charge in [0.05, 0.1) is 25.6 Å². The molecule has 0 saturated heterocycles. The molecule has 4 aromatic rings. The number of nitrogens with zero attached hydrogens (tertiary/aromatic N) is 4. The second kappa shape index (κ2) is 9.34. The first kappa shape index (κ1) is 21.1. The van der Waals surface area contributed by atoms with Gasteiger partial charge in [0, 0.05) is 24.5 Å². The van der Waals surface area contributed by atoms with Crippen molar-refractivity contribution in [2.24, 2.45) is 0 Å². The molecule has 32 heavy (non-hydrogen) atoms. The molecule has 1 aromatic carbocycles. The largest absolute Gasteiger partial charge is 0.493 e. The summed E-state index contributed by atoms with van der Waals surface area (Å²) in [4.78, 5) is 29.4. The fourth-order valence-corrected chi connectivity index (χ4v) is 3.52. The first-order valence-electron chi connectivity index (χ1n) is 10.0. The SMILES string of the molecule is COC(=O)C[C@@H](c1ccc(OCCn2cccn2)cc1)c1c(O)nc2ccccn2c1=O. The van der Waals surface area contributed by atoms with Crippen LogP contribution in [-0.2, 0) is 16.1 Å². The van der Waals surface area contributed by atoms with Gasteiger partial charge >= 0.3 is 5.97 Å². The van der Waals surface area contributed by atoms with Crippen LogP contribution >= 0.6 is 0 Å². The number of hydrogen-bond donors (Lipinski definition) is 1. The van der Waals surface area contributed by atoms with E-state index >= 15 is 0 Å². The third-order valence-corrected chi connectivity index (χ3v) is 5.13. The van der Waals surface area contributed by atoms with E-state index in [0.717, 1.165) is 0 Å². The molecule has 0 radical (unpaired) electrons. The van der Waals surface area contributed by atoms with E-state index in [1.54, 1.807) is 59.5 Å². The van der Waals surface area contributed by atoms with E-state index in [0.29, 0.717) is 30.1 Å². The Balaban J connectivity index is 1.63. The topological polar surface area (TPSA) is 108 Å². The maximum atomic E-state index is 13.1. The van der Waals surface area contributed by atoms with E-state index in [-0.39, 0.29) is 12.0 Å². The van der Waals surface area contributed by atoms with E-state index < -0.39 is 23.3 Å². The monoisotopic (exact) mass is 434 g/mol. The highest BCUT2D eigenvalue weighted by atomic mass is 16.5. The Bertz CT molecular complexity index is 1270. The van der Waals surface area contributed by atoms with E-state index in [1.165, 1.54) is 11.5 Å². The fourth-order valence-electron chi connectivity index (χ4n) is 3.52. The minimum Gasteiger partial charge on any atom is -0.493 e. The summed E-state index contributed by atoms with van der Waals surface area (Å²) in [5.41, 5.74) is 0.560. The van der Waals surface area contributed by atoms with Gasteiger partial charge in [0.25, 0.3) is 5.56 Å². The van der Waals surface area contributed by atoms with Gasteiger partial charge in [-0.05, 0) is 35.9 Å². The van der Waals surface area contributed by atoms with Gasteiger partial charge < -0.3 is 14.6 Å². The van der Waals surface area contributed by atoms with Crippen molar-refractivity contribution in [3.8, 4) is 11.6 Å². The Morgan fingerprint density at radius 1 is 1.12 bits per heavy atom. The van der Waals surface area contributed by atoms with Crippen LogP contribution in [0.2, 0.25) is 0 Å². The van der Waals surface area contributed by atoms with Crippen LogP contribution in [0, 0.1) is 0 Å². The smallest absolute Gasteiger partial charge is 0.306 e. The zero-order valence-electron chi connectivity index (χ0n) is 17.4. The molecule has 4 rings (SSSR count). The summed E-state index contributed by atoms with van der Waals surface area (Å²) in [5, 5.41) is 14.7. The van der Waals surface area contributed by atoms with Crippen LogP contribution < -0.4 is 10.3 Å². The Hall–Kier alpha value is -4.14. The highest BCUT2D eigenvalue weighted by Gasteiger charge is 2.27. The van der Waals surface area contributed by atoms with Crippen molar-refractivity contribution in [2.75, 3.05) is 13.7 Å². The number of rotatable bonds is 8. The van der Waals surface area contributed by atoms with Gasteiger partial charge in [-0.25, -0.2) is 0 Å². The van der Waals surface area contributed by atoms with Crippen LogP contribution in [-0.4, -0.2) is 44.0 Å². The third kappa shape index (κ3) is 4.46. The fraction of sp³-hybridized carbons (Fsp3) is 0.217. The molecular formula is C23H22N4O5. The lowest BCUT2D eigenvalue weighted by atomic mass is 9.89. The molecule has 0 aliphatic heterocycles.